The molecule has 2 saturated carbocycles. The van der Waals surface area contributed by atoms with Crippen LogP contribution in [-0.4, -0.2) is 21.9 Å². The minimum atomic E-state index is -0.124. The highest BCUT2D eigenvalue weighted by molar-refractivity contribution is 5.92. The maximum absolute atomic E-state index is 12.0. The second-order valence-electron chi connectivity index (χ2n) is 5.00. The molecule has 17 heavy (non-hydrogen) atoms. The number of carbonyl (C=O) groups excluding carboxylic acids is 1. The molecule has 5 nitrogen and oxygen atoms in total. The smallest absolute Gasteiger partial charge is 0.271 e. The lowest BCUT2D eigenvalue weighted by molar-refractivity contribution is 0.0921. The molecule has 0 bridgehead atoms. The Hall–Kier alpha value is -1.65. The van der Waals surface area contributed by atoms with E-state index in [1.807, 2.05) is 0 Å². The fourth-order valence-corrected chi connectivity index (χ4v) is 2.21. The number of nitrogen functional groups attached to an aromatic ring is 1. The predicted molar refractivity (Wildman–Crippen MR) is 63.1 cm³/mol. The summed E-state index contributed by atoms with van der Waals surface area (Å²) in [5, 5.41) is 3.09. The summed E-state index contributed by atoms with van der Waals surface area (Å²) in [6.07, 6.45) is 7.83. The molecule has 0 radical (unpaired) electrons. The van der Waals surface area contributed by atoms with Crippen LogP contribution < -0.4 is 11.1 Å². The van der Waals surface area contributed by atoms with Gasteiger partial charge in [0.2, 0.25) is 0 Å². The third-order valence-electron chi connectivity index (χ3n) is 3.46. The van der Waals surface area contributed by atoms with Crippen LogP contribution >= 0.6 is 0 Å². The average molecular weight is 232 g/mol. The molecule has 1 aromatic rings. The quantitative estimate of drug-likeness (QED) is 0.810. The van der Waals surface area contributed by atoms with E-state index < -0.39 is 0 Å². The average Bonchev–Trinajstić information content (AvgIpc) is 3.17. The molecule has 3 N–H and O–H groups in total. The molecule has 0 aromatic carbocycles. The first-order valence-corrected chi connectivity index (χ1v) is 6.12. The van der Waals surface area contributed by atoms with Crippen molar-refractivity contribution >= 4 is 11.7 Å². The standard InChI is InChI=1S/C12H16N4O/c13-10-6-14-9(5-15-10)12(17)16-11(7-1-2-7)8-3-4-8/h5-8,11H,1-4H2,(H2,13,15)(H,16,17). The summed E-state index contributed by atoms with van der Waals surface area (Å²) in [5.74, 6) is 1.59. The number of aromatic nitrogens is 2. The Morgan fingerprint density at radius 3 is 2.35 bits per heavy atom. The molecule has 0 saturated heterocycles. The number of carbonyl (C=O) groups is 1. The van der Waals surface area contributed by atoms with Crippen molar-refractivity contribution in [3.8, 4) is 0 Å². The largest absolute Gasteiger partial charge is 0.382 e. The Bertz CT molecular complexity index is 411. The highest BCUT2D eigenvalue weighted by Crippen LogP contribution is 2.44. The maximum atomic E-state index is 12.0. The van der Waals surface area contributed by atoms with Gasteiger partial charge in [0.05, 0.1) is 12.4 Å². The van der Waals surface area contributed by atoms with Gasteiger partial charge >= 0.3 is 0 Å². The van der Waals surface area contributed by atoms with Crippen molar-refractivity contribution in [1.82, 2.24) is 15.3 Å². The first-order valence-electron chi connectivity index (χ1n) is 6.12. The van der Waals surface area contributed by atoms with Gasteiger partial charge in [-0.2, -0.15) is 0 Å². The van der Waals surface area contributed by atoms with E-state index in [0.29, 0.717) is 29.4 Å². The molecule has 0 unspecified atom stereocenters. The Morgan fingerprint density at radius 1 is 1.24 bits per heavy atom. The third kappa shape index (κ3) is 2.38. The number of nitrogens with one attached hydrogen (secondary N) is 1. The number of anilines is 1. The van der Waals surface area contributed by atoms with Crippen LogP contribution in [0, 0.1) is 11.8 Å². The normalized spacial score (nSPS) is 19.4. The van der Waals surface area contributed by atoms with Crippen molar-refractivity contribution in [3.63, 3.8) is 0 Å². The molecule has 3 rings (SSSR count). The lowest BCUT2D eigenvalue weighted by Crippen LogP contribution is -2.38. The van der Waals surface area contributed by atoms with Crippen molar-refractivity contribution in [1.29, 1.82) is 0 Å². The molecule has 2 aliphatic rings. The zero-order valence-corrected chi connectivity index (χ0v) is 9.60. The van der Waals surface area contributed by atoms with Crippen molar-refractivity contribution in [2.75, 3.05) is 5.73 Å². The van der Waals surface area contributed by atoms with E-state index >= 15 is 0 Å². The van der Waals surface area contributed by atoms with Gasteiger partial charge in [-0.15, -0.1) is 0 Å². The van der Waals surface area contributed by atoms with Crippen molar-refractivity contribution in [3.05, 3.63) is 18.1 Å². The number of nitrogens with two attached hydrogens (primary N) is 1. The van der Waals surface area contributed by atoms with Crippen LogP contribution in [0.4, 0.5) is 5.82 Å². The molecule has 2 fully saturated rings. The summed E-state index contributed by atoms with van der Waals surface area (Å²) in [5.41, 5.74) is 5.79. The van der Waals surface area contributed by atoms with E-state index in [-0.39, 0.29) is 5.91 Å². The van der Waals surface area contributed by atoms with Crippen LogP contribution in [0.25, 0.3) is 0 Å². The Morgan fingerprint density at radius 2 is 1.88 bits per heavy atom. The van der Waals surface area contributed by atoms with Crippen LogP contribution in [0.2, 0.25) is 0 Å². The minimum Gasteiger partial charge on any atom is -0.382 e. The summed E-state index contributed by atoms with van der Waals surface area (Å²) in [4.78, 5) is 19.9. The van der Waals surface area contributed by atoms with E-state index in [4.69, 9.17) is 5.73 Å². The topological polar surface area (TPSA) is 80.9 Å². The van der Waals surface area contributed by atoms with E-state index in [0.717, 1.165) is 0 Å². The highest BCUT2D eigenvalue weighted by atomic mass is 16.2. The Labute approximate surface area is 99.8 Å². The molecule has 0 spiro atoms. The van der Waals surface area contributed by atoms with Gasteiger partial charge in [0.1, 0.15) is 11.5 Å². The van der Waals surface area contributed by atoms with Gasteiger partial charge in [-0.25, -0.2) is 9.97 Å². The SMILES string of the molecule is Nc1cnc(C(=O)NC(C2CC2)C2CC2)cn1. The Balaban J connectivity index is 1.67. The van der Waals surface area contributed by atoms with E-state index in [9.17, 15) is 4.79 Å². The molecular formula is C12H16N4O. The fraction of sp³-hybridized carbons (Fsp3) is 0.583. The zero-order valence-electron chi connectivity index (χ0n) is 9.60. The van der Waals surface area contributed by atoms with Crippen LogP contribution in [-0.2, 0) is 0 Å². The number of nitrogens with zero attached hydrogens (tertiary/aromatic N) is 2. The van der Waals surface area contributed by atoms with E-state index in [2.05, 4.69) is 15.3 Å². The highest BCUT2D eigenvalue weighted by Gasteiger charge is 2.42. The fourth-order valence-electron chi connectivity index (χ4n) is 2.21. The first-order chi connectivity index (χ1) is 8.24. The van der Waals surface area contributed by atoms with Crippen LogP contribution in [0.5, 0.6) is 0 Å². The van der Waals surface area contributed by atoms with Gasteiger partial charge in [-0.3, -0.25) is 4.79 Å². The molecule has 1 heterocycles. The molecule has 0 aliphatic heterocycles. The molecule has 0 atom stereocenters. The molecular weight excluding hydrogens is 216 g/mol. The minimum absolute atomic E-state index is 0.124. The van der Waals surface area contributed by atoms with Gasteiger partial charge in [-0.05, 0) is 37.5 Å². The lowest BCUT2D eigenvalue weighted by atomic mass is 10.1. The number of amides is 1. The lowest BCUT2D eigenvalue weighted by Gasteiger charge is -2.17. The summed E-state index contributed by atoms with van der Waals surface area (Å²) < 4.78 is 0. The summed E-state index contributed by atoms with van der Waals surface area (Å²) in [6, 6.07) is 0.349. The summed E-state index contributed by atoms with van der Waals surface area (Å²) in [6.45, 7) is 0. The zero-order chi connectivity index (χ0) is 11.8. The third-order valence-corrected chi connectivity index (χ3v) is 3.46. The predicted octanol–water partition coefficient (Wildman–Crippen LogP) is 0.977. The van der Waals surface area contributed by atoms with Crippen molar-refractivity contribution < 1.29 is 4.79 Å². The van der Waals surface area contributed by atoms with Gasteiger partial charge in [0.25, 0.3) is 5.91 Å². The van der Waals surface area contributed by atoms with Crippen molar-refractivity contribution in [2.24, 2.45) is 11.8 Å². The first kappa shape index (κ1) is 10.5. The summed E-state index contributed by atoms with van der Waals surface area (Å²) in [7, 11) is 0. The number of hydrogen-bond acceptors (Lipinski definition) is 4. The Kier molecular flexibility index (Phi) is 2.46. The van der Waals surface area contributed by atoms with Gasteiger partial charge < -0.3 is 11.1 Å². The van der Waals surface area contributed by atoms with E-state index in [1.54, 1.807) is 0 Å². The van der Waals surface area contributed by atoms with Gasteiger partial charge in [0, 0.05) is 6.04 Å². The second-order valence-corrected chi connectivity index (χ2v) is 5.00. The van der Waals surface area contributed by atoms with E-state index in [1.165, 1.54) is 38.1 Å². The van der Waals surface area contributed by atoms with Gasteiger partial charge in [-0.1, -0.05) is 0 Å². The summed E-state index contributed by atoms with van der Waals surface area (Å²) >= 11 is 0. The van der Waals surface area contributed by atoms with Crippen LogP contribution in [0.1, 0.15) is 36.2 Å². The maximum Gasteiger partial charge on any atom is 0.271 e. The van der Waals surface area contributed by atoms with Crippen molar-refractivity contribution in [2.45, 2.75) is 31.7 Å². The number of rotatable bonds is 4. The number of hydrogen-bond donors (Lipinski definition) is 2. The molecule has 90 valence electrons. The molecule has 5 heteroatoms. The van der Waals surface area contributed by atoms with Gasteiger partial charge in [0.15, 0.2) is 0 Å². The van der Waals surface area contributed by atoms with Crippen LogP contribution in [0.15, 0.2) is 12.4 Å². The monoisotopic (exact) mass is 232 g/mol. The van der Waals surface area contributed by atoms with Crippen LogP contribution in [0.3, 0.4) is 0 Å². The molecule has 2 aliphatic carbocycles. The second kappa shape index (κ2) is 3.98. The molecule has 1 aromatic heterocycles. The molecule has 1 amide bonds.